The second-order valence-corrected chi connectivity index (χ2v) is 5.06. The molecule has 2 nitrogen and oxygen atoms in total. The number of piperidine rings is 1. The third-order valence-electron chi connectivity index (χ3n) is 4.12. The molecule has 0 aliphatic carbocycles. The predicted molar refractivity (Wildman–Crippen MR) is 65.0 cm³/mol. The molecule has 90 valence electrons. The zero-order valence-corrected chi connectivity index (χ0v) is 10.6. The van der Waals surface area contributed by atoms with Gasteiger partial charge in [-0.25, -0.2) is 0 Å². The lowest BCUT2D eigenvalue weighted by Gasteiger charge is -2.37. The Morgan fingerprint density at radius 2 is 1.67 bits per heavy atom. The van der Waals surface area contributed by atoms with Gasteiger partial charge in [-0.05, 0) is 44.7 Å². The molecular formula is C13H27NO. The molecule has 0 aromatic rings. The fraction of sp³-hybridized carbons (Fsp3) is 1.00. The fourth-order valence-corrected chi connectivity index (χ4v) is 2.44. The van der Waals surface area contributed by atoms with E-state index in [4.69, 9.17) is 0 Å². The Morgan fingerprint density at radius 3 is 2.07 bits per heavy atom. The molecule has 1 heterocycles. The van der Waals surface area contributed by atoms with Gasteiger partial charge in [0.15, 0.2) is 0 Å². The first-order valence-electron chi connectivity index (χ1n) is 6.58. The smallest absolute Gasteiger partial charge is 0.0768 e. The molecule has 0 radical (unpaired) electrons. The Morgan fingerprint density at radius 1 is 1.13 bits per heavy atom. The number of rotatable bonds is 5. The van der Waals surface area contributed by atoms with E-state index >= 15 is 0 Å². The summed E-state index contributed by atoms with van der Waals surface area (Å²) in [7, 11) is 0. The summed E-state index contributed by atoms with van der Waals surface area (Å²) >= 11 is 0. The quantitative estimate of drug-likeness (QED) is 0.759. The molecule has 1 saturated heterocycles. The van der Waals surface area contributed by atoms with Crippen LogP contribution in [0.2, 0.25) is 0 Å². The summed E-state index contributed by atoms with van der Waals surface area (Å²) in [6.45, 7) is 9.69. The van der Waals surface area contributed by atoms with E-state index in [1.54, 1.807) is 0 Å². The van der Waals surface area contributed by atoms with Crippen LogP contribution < -0.4 is 0 Å². The summed E-state index contributed by atoms with van der Waals surface area (Å²) < 4.78 is 0. The maximum Gasteiger partial charge on any atom is 0.0768 e. The normalized spacial score (nSPS) is 20.8. The van der Waals surface area contributed by atoms with Gasteiger partial charge >= 0.3 is 0 Å². The lowest BCUT2D eigenvalue weighted by Crippen LogP contribution is -2.45. The van der Waals surface area contributed by atoms with Crippen LogP contribution in [0.5, 0.6) is 0 Å². The lowest BCUT2D eigenvalue weighted by molar-refractivity contribution is -0.0116. The van der Waals surface area contributed by atoms with E-state index in [1.807, 2.05) is 0 Å². The van der Waals surface area contributed by atoms with E-state index in [1.165, 1.54) is 32.4 Å². The topological polar surface area (TPSA) is 23.5 Å². The summed E-state index contributed by atoms with van der Waals surface area (Å²) in [6.07, 6.45) is 5.70. The molecule has 2 heteroatoms. The number of likely N-dealkylation sites (tertiary alicyclic amines) is 1. The maximum absolute atomic E-state index is 10.3. The van der Waals surface area contributed by atoms with Crippen molar-refractivity contribution in [3.05, 3.63) is 0 Å². The number of aliphatic hydroxyl groups is 1. The first kappa shape index (κ1) is 13.0. The van der Waals surface area contributed by atoms with Crippen molar-refractivity contribution in [2.45, 2.75) is 58.5 Å². The van der Waals surface area contributed by atoms with Gasteiger partial charge in [0.1, 0.15) is 0 Å². The van der Waals surface area contributed by atoms with E-state index in [9.17, 15) is 5.11 Å². The number of nitrogens with zero attached hydrogens (tertiary/aromatic N) is 1. The highest BCUT2D eigenvalue weighted by Crippen LogP contribution is 2.23. The first-order chi connectivity index (χ1) is 7.13. The molecule has 0 aromatic heterocycles. The van der Waals surface area contributed by atoms with Gasteiger partial charge in [0, 0.05) is 6.54 Å². The van der Waals surface area contributed by atoms with Crippen molar-refractivity contribution in [3.8, 4) is 0 Å². The first-order valence-corrected chi connectivity index (χ1v) is 6.58. The molecule has 0 spiro atoms. The summed E-state index contributed by atoms with van der Waals surface area (Å²) in [5.74, 6) is 0.928. The van der Waals surface area contributed by atoms with Gasteiger partial charge in [-0.1, -0.05) is 27.2 Å². The van der Waals surface area contributed by atoms with E-state index in [0.717, 1.165) is 25.3 Å². The van der Waals surface area contributed by atoms with E-state index in [2.05, 4.69) is 25.7 Å². The largest absolute Gasteiger partial charge is 0.389 e. The molecule has 15 heavy (non-hydrogen) atoms. The van der Waals surface area contributed by atoms with E-state index in [0.29, 0.717) is 0 Å². The number of β-amino-alcohol motifs (C(OH)–C–C–N with tert-alkyl or cyclic N) is 1. The molecule has 0 saturated carbocycles. The van der Waals surface area contributed by atoms with Crippen molar-refractivity contribution in [1.82, 2.24) is 4.90 Å². The van der Waals surface area contributed by atoms with Crippen LogP contribution in [-0.4, -0.2) is 35.2 Å². The number of hydrogen-bond acceptors (Lipinski definition) is 2. The highest BCUT2D eigenvalue weighted by Gasteiger charge is 2.27. The van der Waals surface area contributed by atoms with Crippen LogP contribution in [0.25, 0.3) is 0 Å². The van der Waals surface area contributed by atoms with Gasteiger partial charge in [-0.15, -0.1) is 0 Å². The minimum atomic E-state index is -0.445. The highest BCUT2D eigenvalue weighted by molar-refractivity contribution is 4.82. The lowest BCUT2D eigenvalue weighted by atomic mass is 9.91. The second kappa shape index (κ2) is 5.86. The van der Waals surface area contributed by atoms with Crippen LogP contribution in [0.3, 0.4) is 0 Å². The molecule has 1 aliphatic rings. The van der Waals surface area contributed by atoms with Gasteiger partial charge < -0.3 is 10.0 Å². The van der Waals surface area contributed by atoms with Crippen molar-refractivity contribution in [3.63, 3.8) is 0 Å². The van der Waals surface area contributed by atoms with Crippen LogP contribution in [0.4, 0.5) is 0 Å². The summed E-state index contributed by atoms with van der Waals surface area (Å²) in [4.78, 5) is 2.44. The Labute approximate surface area is 94.7 Å². The zero-order chi connectivity index (χ0) is 11.3. The predicted octanol–water partition coefficient (Wildman–Crippen LogP) is 2.66. The minimum absolute atomic E-state index is 0.445. The highest BCUT2D eigenvalue weighted by atomic mass is 16.3. The van der Waals surface area contributed by atoms with Gasteiger partial charge in [0.2, 0.25) is 0 Å². The molecule has 1 rings (SSSR count). The third kappa shape index (κ3) is 3.76. The van der Waals surface area contributed by atoms with E-state index in [-0.39, 0.29) is 0 Å². The molecule has 0 amide bonds. The molecule has 1 N–H and O–H groups in total. The third-order valence-corrected chi connectivity index (χ3v) is 4.12. The molecule has 0 atom stereocenters. The summed E-state index contributed by atoms with van der Waals surface area (Å²) in [6, 6.07) is 0. The Hall–Kier alpha value is -0.0800. The molecule has 1 aliphatic heterocycles. The molecule has 0 bridgehead atoms. The summed E-state index contributed by atoms with van der Waals surface area (Å²) in [5, 5.41) is 10.3. The second-order valence-electron chi connectivity index (χ2n) is 5.06. The molecule has 0 unspecified atom stereocenters. The molecule has 0 aromatic carbocycles. The van der Waals surface area contributed by atoms with Crippen molar-refractivity contribution in [2.24, 2.45) is 5.92 Å². The van der Waals surface area contributed by atoms with Gasteiger partial charge in [0.05, 0.1) is 5.60 Å². The van der Waals surface area contributed by atoms with Gasteiger partial charge in [-0.2, -0.15) is 0 Å². The fourth-order valence-electron chi connectivity index (χ4n) is 2.44. The van der Waals surface area contributed by atoms with Gasteiger partial charge in [0.25, 0.3) is 0 Å². The molecular weight excluding hydrogens is 186 g/mol. The van der Waals surface area contributed by atoms with Crippen molar-refractivity contribution < 1.29 is 5.11 Å². The SMILES string of the molecule is CCC1CCN(CC(O)(CC)CC)CC1. The van der Waals surface area contributed by atoms with E-state index < -0.39 is 5.60 Å². The van der Waals surface area contributed by atoms with Crippen LogP contribution in [-0.2, 0) is 0 Å². The van der Waals surface area contributed by atoms with Crippen molar-refractivity contribution in [2.75, 3.05) is 19.6 Å². The van der Waals surface area contributed by atoms with Crippen molar-refractivity contribution >= 4 is 0 Å². The van der Waals surface area contributed by atoms with Crippen LogP contribution in [0.1, 0.15) is 52.9 Å². The molecule has 1 fully saturated rings. The average Bonchev–Trinajstić information content (AvgIpc) is 2.30. The average molecular weight is 213 g/mol. The minimum Gasteiger partial charge on any atom is -0.389 e. The standard InChI is InChI=1S/C13H27NO/c1-4-12-7-9-14(10-8-12)11-13(15,5-2)6-3/h12,15H,4-11H2,1-3H3. The van der Waals surface area contributed by atoms with Gasteiger partial charge in [-0.3, -0.25) is 0 Å². The Kier molecular flexibility index (Phi) is 5.07. The van der Waals surface area contributed by atoms with Crippen molar-refractivity contribution in [1.29, 1.82) is 0 Å². The van der Waals surface area contributed by atoms with Crippen LogP contribution in [0.15, 0.2) is 0 Å². The zero-order valence-electron chi connectivity index (χ0n) is 10.6. The monoisotopic (exact) mass is 213 g/mol. The summed E-state index contributed by atoms with van der Waals surface area (Å²) in [5.41, 5.74) is -0.445. The Bertz CT molecular complexity index is 169. The maximum atomic E-state index is 10.3. The number of hydrogen-bond donors (Lipinski definition) is 1. The van der Waals surface area contributed by atoms with Crippen LogP contribution >= 0.6 is 0 Å². The van der Waals surface area contributed by atoms with Crippen LogP contribution in [0, 0.1) is 5.92 Å². The Balaban J connectivity index is 2.34.